The van der Waals surface area contributed by atoms with Crippen LogP contribution in [-0.4, -0.2) is 47.4 Å². The quantitative estimate of drug-likeness (QED) is 0.460. The number of aryl methyl sites for hydroxylation is 1. The molecule has 5 rings (SSSR count). The molecule has 36 heavy (non-hydrogen) atoms. The van der Waals surface area contributed by atoms with E-state index >= 15 is 0 Å². The summed E-state index contributed by atoms with van der Waals surface area (Å²) in [5, 5.41) is 0. The van der Waals surface area contributed by atoms with Crippen LogP contribution in [0.1, 0.15) is 67.3 Å². The molecular weight excluding hydrogens is 456 g/mol. The number of carbonyl (C=O) groups is 2. The lowest BCUT2D eigenvalue weighted by molar-refractivity contribution is -0.134. The van der Waals surface area contributed by atoms with Gasteiger partial charge in [-0.05, 0) is 23.6 Å². The number of hydrogen-bond acceptors (Lipinski definition) is 6. The van der Waals surface area contributed by atoms with Crippen LogP contribution in [0.4, 0.5) is 0 Å². The van der Waals surface area contributed by atoms with E-state index in [4.69, 9.17) is 13.9 Å². The van der Waals surface area contributed by atoms with Crippen LogP contribution in [0, 0.1) is 0 Å². The Morgan fingerprint density at radius 1 is 1.14 bits per heavy atom. The third-order valence-corrected chi connectivity index (χ3v) is 7.29. The lowest BCUT2D eigenvalue weighted by Crippen LogP contribution is -2.52. The second kappa shape index (κ2) is 9.80. The summed E-state index contributed by atoms with van der Waals surface area (Å²) in [7, 11) is 1.59. The van der Waals surface area contributed by atoms with E-state index in [0.29, 0.717) is 79.8 Å². The molecule has 0 atom stereocenters. The second-order valence-electron chi connectivity index (χ2n) is 10.0. The van der Waals surface area contributed by atoms with Crippen molar-refractivity contribution in [3.05, 3.63) is 65.7 Å². The third kappa shape index (κ3) is 4.87. The van der Waals surface area contributed by atoms with Crippen molar-refractivity contribution in [3.63, 3.8) is 0 Å². The number of fused-ring (bicyclic) bond motifs is 1. The van der Waals surface area contributed by atoms with Gasteiger partial charge in [-0.25, -0.2) is 4.98 Å². The van der Waals surface area contributed by atoms with Crippen LogP contribution in [0.2, 0.25) is 0 Å². The van der Waals surface area contributed by atoms with E-state index in [1.807, 2.05) is 17.0 Å². The molecule has 2 aliphatic heterocycles. The fourth-order valence-electron chi connectivity index (χ4n) is 5.01. The maximum absolute atomic E-state index is 12.9. The fourth-order valence-corrected chi connectivity index (χ4v) is 5.01. The molecule has 1 spiro atoms. The van der Waals surface area contributed by atoms with Gasteiger partial charge in [0.05, 0.1) is 25.3 Å². The number of likely N-dealkylation sites (tertiary alicyclic amines) is 1. The van der Waals surface area contributed by atoms with Gasteiger partial charge < -0.3 is 18.8 Å². The molecule has 3 heterocycles. The Kier molecular flexibility index (Phi) is 6.56. The Labute approximate surface area is 211 Å². The minimum atomic E-state index is -0.560. The molecule has 1 amide bonds. The van der Waals surface area contributed by atoms with E-state index in [-0.39, 0.29) is 11.7 Å². The summed E-state index contributed by atoms with van der Waals surface area (Å²) in [6.07, 6.45) is 4.09. The van der Waals surface area contributed by atoms with Gasteiger partial charge in [-0.3, -0.25) is 9.59 Å². The van der Waals surface area contributed by atoms with Crippen molar-refractivity contribution in [2.75, 3.05) is 20.2 Å². The summed E-state index contributed by atoms with van der Waals surface area (Å²) in [6, 6.07) is 13.6. The molecule has 1 aromatic heterocycles. The highest BCUT2D eigenvalue weighted by Gasteiger charge is 2.43. The summed E-state index contributed by atoms with van der Waals surface area (Å²) >= 11 is 0. The van der Waals surface area contributed by atoms with Gasteiger partial charge in [0.15, 0.2) is 17.4 Å². The van der Waals surface area contributed by atoms with Gasteiger partial charge >= 0.3 is 0 Å². The molecule has 1 saturated heterocycles. The lowest BCUT2D eigenvalue weighted by atomic mass is 9.82. The van der Waals surface area contributed by atoms with Crippen LogP contribution in [0.25, 0.3) is 11.3 Å². The van der Waals surface area contributed by atoms with Crippen molar-refractivity contribution in [3.8, 4) is 22.8 Å². The molecule has 0 aliphatic carbocycles. The largest absolute Gasteiger partial charge is 0.497 e. The predicted octanol–water partition coefficient (Wildman–Crippen LogP) is 5.43. The summed E-state index contributed by atoms with van der Waals surface area (Å²) in [5.41, 5.74) is 2.29. The number of amides is 1. The van der Waals surface area contributed by atoms with Crippen molar-refractivity contribution in [1.82, 2.24) is 9.88 Å². The molecule has 188 valence electrons. The van der Waals surface area contributed by atoms with Gasteiger partial charge in [-0.1, -0.05) is 38.1 Å². The molecule has 3 aromatic rings. The summed E-state index contributed by atoms with van der Waals surface area (Å²) in [5.74, 6) is 3.13. The second-order valence-corrected chi connectivity index (χ2v) is 10.0. The normalized spacial score (nSPS) is 16.7. The molecule has 0 N–H and O–H groups in total. The van der Waals surface area contributed by atoms with Crippen LogP contribution < -0.4 is 9.47 Å². The molecule has 0 saturated carbocycles. The van der Waals surface area contributed by atoms with Crippen LogP contribution in [0.15, 0.2) is 53.1 Å². The third-order valence-electron chi connectivity index (χ3n) is 7.29. The molecular formula is C29H32N2O5. The van der Waals surface area contributed by atoms with Gasteiger partial charge in [-0.2, -0.15) is 0 Å². The van der Waals surface area contributed by atoms with E-state index in [2.05, 4.69) is 31.0 Å². The maximum Gasteiger partial charge on any atom is 0.223 e. The van der Waals surface area contributed by atoms with E-state index < -0.39 is 5.60 Å². The van der Waals surface area contributed by atoms with E-state index in [1.165, 1.54) is 5.56 Å². The zero-order valence-electron chi connectivity index (χ0n) is 21.1. The predicted molar refractivity (Wildman–Crippen MR) is 135 cm³/mol. The topological polar surface area (TPSA) is 81.9 Å². The number of piperidine rings is 1. The van der Waals surface area contributed by atoms with Crippen LogP contribution in [-0.2, 0) is 11.2 Å². The van der Waals surface area contributed by atoms with Crippen molar-refractivity contribution in [2.45, 2.75) is 57.5 Å². The number of ketones is 1. The van der Waals surface area contributed by atoms with Gasteiger partial charge in [0, 0.05) is 50.4 Å². The fraction of sp³-hybridized carbons (Fsp3) is 0.414. The zero-order chi connectivity index (χ0) is 25.3. The average molecular weight is 489 g/mol. The first-order valence-electron chi connectivity index (χ1n) is 12.6. The van der Waals surface area contributed by atoms with Crippen molar-refractivity contribution in [2.24, 2.45) is 0 Å². The van der Waals surface area contributed by atoms with E-state index in [9.17, 15) is 9.59 Å². The van der Waals surface area contributed by atoms with Crippen molar-refractivity contribution >= 4 is 11.7 Å². The maximum atomic E-state index is 12.9. The van der Waals surface area contributed by atoms with Gasteiger partial charge in [0.2, 0.25) is 5.91 Å². The highest BCUT2D eigenvalue weighted by molar-refractivity contribution is 6.00. The Bertz CT molecular complexity index is 1250. The standard InChI is InChI=1S/C29H32N2O5/c1-19(2)20-4-6-21(7-5-20)26-18-30-27(35-26)10-11-28(33)31-14-12-29(13-15-31)17-24(32)23-9-8-22(34-3)16-25(23)36-29/h4-9,16,18-19H,10-15,17H2,1-3H3. The molecule has 1 fully saturated rings. The van der Waals surface area contributed by atoms with Crippen LogP contribution in [0.5, 0.6) is 11.5 Å². The molecule has 7 heteroatoms. The number of benzene rings is 2. The van der Waals surface area contributed by atoms with Crippen molar-refractivity contribution in [1.29, 1.82) is 0 Å². The van der Waals surface area contributed by atoms with Gasteiger partial charge in [-0.15, -0.1) is 0 Å². The number of carbonyl (C=O) groups excluding carboxylic acids is 2. The zero-order valence-corrected chi connectivity index (χ0v) is 21.1. The SMILES string of the molecule is COc1ccc2c(c1)OC1(CCN(C(=O)CCc3ncc(-c4ccc(C(C)C)cc4)o3)CC1)CC2=O. The summed E-state index contributed by atoms with van der Waals surface area (Å²) in [4.78, 5) is 31.9. The Hall–Kier alpha value is -3.61. The first-order valence-corrected chi connectivity index (χ1v) is 12.6. The smallest absolute Gasteiger partial charge is 0.223 e. The highest BCUT2D eigenvalue weighted by atomic mass is 16.5. The Morgan fingerprint density at radius 2 is 1.89 bits per heavy atom. The Morgan fingerprint density at radius 3 is 2.58 bits per heavy atom. The van der Waals surface area contributed by atoms with Gasteiger partial charge in [0.25, 0.3) is 0 Å². The number of hydrogen-bond donors (Lipinski definition) is 0. The number of ether oxygens (including phenoxy) is 2. The number of methoxy groups -OCH3 is 1. The van der Waals surface area contributed by atoms with Crippen molar-refractivity contribution < 1.29 is 23.5 Å². The minimum absolute atomic E-state index is 0.0649. The summed E-state index contributed by atoms with van der Waals surface area (Å²) < 4.78 is 17.5. The number of Topliss-reactive ketones (excluding diaryl/α,β-unsaturated/α-hetero) is 1. The average Bonchev–Trinajstić information content (AvgIpc) is 3.36. The van der Waals surface area contributed by atoms with Crippen LogP contribution in [0.3, 0.4) is 0 Å². The number of aromatic nitrogens is 1. The number of rotatable bonds is 6. The number of oxazole rings is 1. The monoisotopic (exact) mass is 488 g/mol. The van der Waals surface area contributed by atoms with E-state index in [0.717, 1.165) is 5.56 Å². The minimum Gasteiger partial charge on any atom is -0.497 e. The molecule has 7 nitrogen and oxygen atoms in total. The number of nitrogens with zero attached hydrogens (tertiary/aromatic N) is 2. The first-order chi connectivity index (χ1) is 17.4. The molecule has 2 aromatic carbocycles. The summed E-state index contributed by atoms with van der Waals surface area (Å²) in [6.45, 7) is 5.45. The van der Waals surface area contributed by atoms with Gasteiger partial charge in [0.1, 0.15) is 17.1 Å². The van der Waals surface area contributed by atoms with E-state index in [1.54, 1.807) is 31.5 Å². The molecule has 0 radical (unpaired) electrons. The molecule has 0 unspecified atom stereocenters. The molecule has 0 bridgehead atoms. The molecule has 2 aliphatic rings. The lowest BCUT2D eigenvalue weighted by Gasteiger charge is -2.44. The highest BCUT2D eigenvalue weighted by Crippen LogP contribution is 2.40. The van der Waals surface area contributed by atoms with Crippen LogP contribution >= 0.6 is 0 Å². The first kappa shape index (κ1) is 24.1. The Balaban J connectivity index is 1.15.